The number of rotatable bonds is 39. The Morgan fingerprint density at radius 1 is 0.554 bits per heavy atom. The molecule has 0 saturated heterocycles. The Hall–Kier alpha value is -2.97. The largest absolute Gasteiger partial charge is 0.477 e. The minimum Gasteiger partial charge on any atom is -0.477 e. The van der Waals surface area contributed by atoms with Crippen molar-refractivity contribution in [3.8, 4) is 0 Å². The minimum absolute atomic E-state index is 0.0496. The van der Waals surface area contributed by atoms with Crippen molar-refractivity contribution in [2.45, 2.75) is 187 Å². The Morgan fingerprint density at radius 3 is 1.54 bits per heavy atom. The Morgan fingerprint density at radius 2 is 1.02 bits per heavy atom. The Bertz CT molecular complexity index is 1100. The number of hydrogen-bond acceptors (Lipinski definition) is 6. The molecular formula is C48H84NO7+. The maximum absolute atomic E-state index is 12.7. The van der Waals surface area contributed by atoms with Crippen LogP contribution in [-0.2, 0) is 28.6 Å². The van der Waals surface area contributed by atoms with Crippen LogP contribution in [0, 0.1) is 0 Å². The van der Waals surface area contributed by atoms with E-state index >= 15 is 0 Å². The van der Waals surface area contributed by atoms with E-state index in [0.717, 1.165) is 64.2 Å². The second-order valence-electron chi connectivity index (χ2n) is 16.0. The zero-order valence-electron chi connectivity index (χ0n) is 36.6. The molecule has 0 rings (SSSR count). The maximum atomic E-state index is 12.7. The number of hydrogen-bond donors (Lipinski definition) is 1. The molecule has 2 unspecified atom stereocenters. The zero-order valence-corrected chi connectivity index (χ0v) is 36.6. The fourth-order valence-electron chi connectivity index (χ4n) is 6.27. The number of likely N-dealkylation sites (N-methyl/N-ethyl adjacent to an activating group) is 1. The summed E-state index contributed by atoms with van der Waals surface area (Å²) in [4.78, 5) is 37.0. The zero-order chi connectivity index (χ0) is 41.4. The van der Waals surface area contributed by atoms with Crippen LogP contribution < -0.4 is 0 Å². The average Bonchev–Trinajstić information content (AvgIpc) is 3.15. The summed E-state index contributed by atoms with van der Waals surface area (Å²) in [7, 11) is 5.51. The molecule has 0 aliphatic rings. The molecule has 0 radical (unpaired) electrons. The molecule has 0 spiro atoms. The predicted molar refractivity (Wildman–Crippen MR) is 234 cm³/mol. The highest BCUT2D eigenvalue weighted by molar-refractivity contribution is 5.72. The lowest BCUT2D eigenvalue weighted by molar-refractivity contribution is -0.887. The summed E-state index contributed by atoms with van der Waals surface area (Å²) in [6.07, 6.45) is 46.9. The standard InChI is InChI=1S/C48H83NO7/c1-6-8-10-12-14-16-18-20-22-23-25-27-29-31-33-35-37-39-47(51)56-44(42-54-41-40-45(48(52)53)49(3,4)5)43-55-46(50)38-36-34-32-30-28-26-24-21-19-17-15-13-11-9-7-2/h9,11,13,15,17,19-22,24,44-45H,6-8,10,12,14,16,18,23,25-43H2,1-5H3/p+1/b11-9+,15-13+,19-17+,22-20+,24-21+. The SMILES string of the molecule is CC/C=C/C=C/C=C/C=C/CCCCCCCC(=O)OCC(COCCC(C(=O)O)[N+](C)(C)C)OC(=O)CCCCCCCCC/C=C/CCCCCCCC. The quantitative estimate of drug-likeness (QED) is 0.0218. The van der Waals surface area contributed by atoms with Gasteiger partial charge in [0.25, 0.3) is 0 Å². The molecule has 0 fully saturated rings. The monoisotopic (exact) mass is 787 g/mol. The number of allylic oxidation sites excluding steroid dienone is 10. The molecule has 0 aliphatic heterocycles. The van der Waals surface area contributed by atoms with Gasteiger partial charge in [0.2, 0.25) is 0 Å². The summed E-state index contributed by atoms with van der Waals surface area (Å²) in [5.74, 6) is -1.51. The summed E-state index contributed by atoms with van der Waals surface area (Å²) in [5.41, 5.74) is 0. The first-order valence-corrected chi connectivity index (χ1v) is 22.4. The van der Waals surface area contributed by atoms with Crippen LogP contribution in [0.15, 0.2) is 60.8 Å². The highest BCUT2D eigenvalue weighted by Crippen LogP contribution is 2.14. The Labute approximate surface area is 343 Å². The number of carboxylic acids is 1. The summed E-state index contributed by atoms with van der Waals surface area (Å²) in [6.45, 7) is 4.56. The number of nitrogens with zero attached hydrogens (tertiary/aromatic N) is 1. The summed E-state index contributed by atoms with van der Waals surface area (Å²) in [5, 5.41) is 9.62. The molecule has 0 aromatic heterocycles. The van der Waals surface area contributed by atoms with E-state index < -0.39 is 18.1 Å². The lowest BCUT2D eigenvalue weighted by Gasteiger charge is -2.31. The first-order chi connectivity index (χ1) is 27.1. The summed E-state index contributed by atoms with van der Waals surface area (Å²) < 4.78 is 17.3. The van der Waals surface area contributed by atoms with Crippen LogP contribution in [0.5, 0.6) is 0 Å². The fourth-order valence-corrected chi connectivity index (χ4v) is 6.27. The van der Waals surface area contributed by atoms with Gasteiger partial charge in [-0.1, -0.05) is 158 Å². The number of carboxylic acid groups (broad SMARTS) is 1. The van der Waals surface area contributed by atoms with E-state index in [4.69, 9.17) is 14.2 Å². The molecule has 8 nitrogen and oxygen atoms in total. The minimum atomic E-state index is -0.881. The van der Waals surface area contributed by atoms with Gasteiger partial charge in [-0.15, -0.1) is 0 Å². The number of carbonyl (C=O) groups excluding carboxylic acids is 2. The van der Waals surface area contributed by atoms with Crippen molar-refractivity contribution in [2.24, 2.45) is 0 Å². The first-order valence-electron chi connectivity index (χ1n) is 22.4. The number of esters is 2. The molecule has 0 saturated carbocycles. The molecule has 0 aromatic carbocycles. The van der Waals surface area contributed by atoms with E-state index in [1.54, 1.807) is 0 Å². The molecular weight excluding hydrogens is 703 g/mol. The number of quaternary nitrogens is 1. The molecule has 0 bridgehead atoms. The molecule has 1 N–H and O–H groups in total. The second-order valence-corrected chi connectivity index (χ2v) is 16.0. The van der Waals surface area contributed by atoms with E-state index in [1.807, 2.05) is 45.4 Å². The van der Waals surface area contributed by atoms with Gasteiger partial charge in [-0.2, -0.15) is 0 Å². The van der Waals surface area contributed by atoms with Gasteiger partial charge >= 0.3 is 17.9 Å². The van der Waals surface area contributed by atoms with Crippen molar-refractivity contribution in [2.75, 3.05) is 41.0 Å². The maximum Gasteiger partial charge on any atom is 0.362 e. The van der Waals surface area contributed by atoms with Crippen LogP contribution in [0.1, 0.15) is 174 Å². The molecule has 0 aromatic rings. The van der Waals surface area contributed by atoms with Crippen molar-refractivity contribution in [1.82, 2.24) is 0 Å². The first kappa shape index (κ1) is 53.0. The lowest BCUT2D eigenvalue weighted by Crippen LogP contribution is -2.50. The molecule has 2 atom stereocenters. The molecule has 56 heavy (non-hydrogen) atoms. The Balaban J connectivity index is 4.38. The van der Waals surface area contributed by atoms with E-state index in [9.17, 15) is 19.5 Å². The van der Waals surface area contributed by atoms with Crippen molar-refractivity contribution in [1.29, 1.82) is 0 Å². The molecule has 8 heteroatoms. The highest BCUT2D eigenvalue weighted by atomic mass is 16.6. The third-order valence-electron chi connectivity index (χ3n) is 9.75. The van der Waals surface area contributed by atoms with Gasteiger partial charge in [0.05, 0.1) is 34.4 Å². The lowest BCUT2D eigenvalue weighted by atomic mass is 10.1. The fraction of sp³-hybridized carbons (Fsp3) is 0.729. The summed E-state index contributed by atoms with van der Waals surface area (Å²) >= 11 is 0. The van der Waals surface area contributed by atoms with Gasteiger partial charge in [-0.25, -0.2) is 4.79 Å². The van der Waals surface area contributed by atoms with E-state index in [2.05, 4.69) is 50.3 Å². The van der Waals surface area contributed by atoms with E-state index in [-0.39, 0.29) is 36.2 Å². The molecule has 0 aliphatic carbocycles. The van der Waals surface area contributed by atoms with Gasteiger partial charge in [0.1, 0.15) is 6.61 Å². The van der Waals surface area contributed by atoms with E-state index in [0.29, 0.717) is 19.3 Å². The van der Waals surface area contributed by atoms with Crippen LogP contribution in [0.3, 0.4) is 0 Å². The van der Waals surface area contributed by atoms with E-state index in [1.165, 1.54) is 77.0 Å². The Kier molecular flexibility index (Phi) is 36.8. The molecule has 0 amide bonds. The van der Waals surface area contributed by atoms with Gasteiger partial charge in [0.15, 0.2) is 12.1 Å². The van der Waals surface area contributed by atoms with Crippen LogP contribution in [0.4, 0.5) is 0 Å². The van der Waals surface area contributed by atoms with Crippen molar-refractivity contribution in [3.63, 3.8) is 0 Å². The van der Waals surface area contributed by atoms with Crippen molar-refractivity contribution < 1.29 is 38.2 Å². The average molecular weight is 787 g/mol. The van der Waals surface area contributed by atoms with Crippen LogP contribution in [0.2, 0.25) is 0 Å². The smallest absolute Gasteiger partial charge is 0.362 e. The highest BCUT2D eigenvalue weighted by Gasteiger charge is 2.31. The van der Waals surface area contributed by atoms with Gasteiger partial charge < -0.3 is 23.8 Å². The number of unbranched alkanes of at least 4 members (excludes halogenated alkanes) is 18. The second kappa shape index (κ2) is 38.9. The van der Waals surface area contributed by atoms with Crippen molar-refractivity contribution in [3.05, 3.63) is 60.8 Å². The van der Waals surface area contributed by atoms with Crippen LogP contribution >= 0.6 is 0 Å². The van der Waals surface area contributed by atoms with Gasteiger partial charge in [-0.3, -0.25) is 9.59 Å². The van der Waals surface area contributed by atoms with Gasteiger partial charge in [-0.05, 0) is 57.8 Å². The number of carbonyl (C=O) groups is 3. The van der Waals surface area contributed by atoms with Crippen LogP contribution in [-0.4, -0.2) is 80.6 Å². The molecule has 0 heterocycles. The topological polar surface area (TPSA) is 99.1 Å². The van der Waals surface area contributed by atoms with Crippen LogP contribution in [0.25, 0.3) is 0 Å². The normalized spacial score (nSPS) is 13.5. The third-order valence-corrected chi connectivity index (χ3v) is 9.75. The molecule has 322 valence electrons. The summed E-state index contributed by atoms with van der Waals surface area (Å²) in [6, 6.07) is -0.621. The van der Waals surface area contributed by atoms with Gasteiger partial charge in [0, 0.05) is 19.3 Å². The van der Waals surface area contributed by atoms with Crippen molar-refractivity contribution >= 4 is 17.9 Å². The number of ether oxygens (including phenoxy) is 3. The third kappa shape index (κ3) is 36.7. The predicted octanol–water partition coefficient (Wildman–Crippen LogP) is 12.2. The number of aliphatic carboxylic acids is 1.